The molecule has 0 radical (unpaired) electrons. The van der Waals surface area contributed by atoms with Gasteiger partial charge in [0.1, 0.15) is 18.5 Å². The Kier molecular flexibility index (Phi) is 5.77. The first kappa shape index (κ1) is 20.4. The van der Waals surface area contributed by atoms with Crippen LogP contribution in [0.3, 0.4) is 0 Å². The first-order chi connectivity index (χ1) is 13.2. The van der Waals surface area contributed by atoms with Crippen LogP contribution >= 0.6 is 0 Å². The molecule has 1 aliphatic rings. The number of esters is 1. The highest BCUT2D eigenvalue weighted by atomic mass is 16.7. The minimum atomic E-state index is -0.551. The molecule has 2 aromatic rings. The van der Waals surface area contributed by atoms with E-state index in [4.69, 9.17) is 18.9 Å². The third kappa shape index (κ3) is 4.21. The van der Waals surface area contributed by atoms with Crippen LogP contribution in [-0.4, -0.2) is 38.2 Å². The molecular formula is C23H28O5. The summed E-state index contributed by atoms with van der Waals surface area (Å²) < 4.78 is 22.3. The summed E-state index contributed by atoms with van der Waals surface area (Å²) in [7, 11) is 1.40. The maximum atomic E-state index is 12.0. The van der Waals surface area contributed by atoms with Crippen LogP contribution in [0.2, 0.25) is 0 Å². The number of aryl methyl sites for hydroxylation is 2. The molecule has 1 aliphatic heterocycles. The molecule has 5 heteroatoms. The van der Waals surface area contributed by atoms with E-state index in [1.807, 2.05) is 52.8 Å². The number of carbonyl (C=O) groups is 1. The molecule has 1 fully saturated rings. The van der Waals surface area contributed by atoms with Gasteiger partial charge in [-0.3, -0.25) is 0 Å². The van der Waals surface area contributed by atoms with E-state index >= 15 is 0 Å². The third-order valence-electron chi connectivity index (χ3n) is 5.04. The standard InChI is InChI=1S/C23H28O5/c1-14-11-21(26-12-17-13-27-23(4,5)28-17)15(2)10-20(14)18-8-7-9-19(16(18)3)22(24)25-6/h7-11,17H,12-13H2,1-6H3/t17-/m0/s1. The van der Waals surface area contributed by atoms with Gasteiger partial charge in [-0.2, -0.15) is 0 Å². The van der Waals surface area contributed by atoms with Gasteiger partial charge in [0.25, 0.3) is 0 Å². The van der Waals surface area contributed by atoms with Crippen LogP contribution in [0.4, 0.5) is 0 Å². The van der Waals surface area contributed by atoms with E-state index in [1.165, 1.54) is 7.11 Å². The lowest BCUT2D eigenvalue weighted by Crippen LogP contribution is -2.25. The van der Waals surface area contributed by atoms with Crippen molar-refractivity contribution in [3.63, 3.8) is 0 Å². The molecule has 5 nitrogen and oxygen atoms in total. The topological polar surface area (TPSA) is 54.0 Å². The average Bonchev–Trinajstić information content (AvgIpc) is 3.00. The van der Waals surface area contributed by atoms with Gasteiger partial charge in [0.2, 0.25) is 0 Å². The van der Waals surface area contributed by atoms with E-state index in [0.29, 0.717) is 18.8 Å². The van der Waals surface area contributed by atoms with Gasteiger partial charge in [0, 0.05) is 0 Å². The molecule has 150 valence electrons. The number of hydrogen-bond acceptors (Lipinski definition) is 5. The number of benzene rings is 2. The van der Waals surface area contributed by atoms with Crippen molar-refractivity contribution in [2.24, 2.45) is 0 Å². The molecule has 0 aromatic heterocycles. The summed E-state index contributed by atoms with van der Waals surface area (Å²) in [6, 6.07) is 9.83. The number of ether oxygens (including phenoxy) is 4. The molecule has 1 heterocycles. The third-order valence-corrected chi connectivity index (χ3v) is 5.04. The zero-order valence-corrected chi connectivity index (χ0v) is 17.4. The second-order valence-electron chi connectivity index (χ2n) is 7.66. The fourth-order valence-electron chi connectivity index (χ4n) is 3.52. The maximum absolute atomic E-state index is 12.0. The summed E-state index contributed by atoms with van der Waals surface area (Å²) in [6.45, 7) is 10.8. The summed E-state index contributed by atoms with van der Waals surface area (Å²) in [4.78, 5) is 12.0. The maximum Gasteiger partial charge on any atom is 0.338 e. The van der Waals surface area contributed by atoms with Crippen molar-refractivity contribution in [1.29, 1.82) is 0 Å². The van der Waals surface area contributed by atoms with E-state index in [0.717, 1.165) is 33.6 Å². The molecule has 1 atom stereocenters. The molecule has 0 N–H and O–H groups in total. The molecule has 0 bridgehead atoms. The average molecular weight is 384 g/mol. The van der Waals surface area contributed by atoms with Crippen molar-refractivity contribution in [3.05, 3.63) is 52.6 Å². The van der Waals surface area contributed by atoms with Gasteiger partial charge < -0.3 is 18.9 Å². The number of carbonyl (C=O) groups excluding carboxylic acids is 1. The van der Waals surface area contributed by atoms with Crippen molar-refractivity contribution >= 4 is 5.97 Å². The highest BCUT2D eigenvalue weighted by Crippen LogP contribution is 2.33. The van der Waals surface area contributed by atoms with Crippen LogP contribution < -0.4 is 4.74 Å². The van der Waals surface area contributed by atoms with Gasteiger partial charge in [-0.1, -0.05) is 12.1 Å². The summed E-state index contributed by atoms with van der Waals surface area (Å²) in [5.41, 5.74) is 5.69. The van der Waals surface area contributed by atoms with Gasteiger partial charge in [-0.25, -0.2) is 4.79 Å². The van der Waals surface area contributed by atoms with Crippen molar-refractivity contribution in [3.8, 4) is 16.9 Å². The van der Waals surface area contributed by atoms with E-state index in [-0.39, 0.29) is 12.1 Å². The molecule has 0 amide bonds. The minimum Gasteiger partial charge on any atom is -0.491 e. The molecule has 0 aliphatic carbocycles. The van der Waals surface area contributed by atoms with E-state index in [1.54, 1.807) is 6.07 Å². The van der Waals surface area contributed by atoms with Gasteiger partial charge in [0.15, 0.2) is 5.79 Å². The Hall–Kier alpha value is -2.37. The van der Waals surface area contributed by atoms with Crippen LogP contribution in [0, 0.1) is 20.8 Å². The first-order valence-corrected chi connectivity index (χ1v) is 9.46. The molecular weight excluding hydrogens is 356 g/mol. The Morgan fingerprint density at radius 3 is 2.54 bits per heavy atom. The molecule has 2 aromatic carbocycles. The Labute approximate surface area is 166 Å². The summed E-state index contributed by atoms with van der Waals surface area (Å²) in [6.07, 6.45) is -0.0756. The summed E-state index contributed by atoms with van der Waals surface area (Å²) in [5.74, 6) is -0.0443. The second kappa shape index (κ2) is 7.94. The largest absolute Gasteiger partial charge is 0.491 e. The molecule has 3 rings (SSSR count). The Bertz CT molecular complexity index is 885. The normalized spacial score (nSPS) is 18.1. The van der Waals surface area contributed by atoms with Gasteiger partial charge in [-0.15, -0.1) is 0 Å². The Morgan fingerprint density at radius 1 is 1.14 bits per heavy atom. The molecule has 28 heavy (non-hydrogen) atoms. The van der Waals surface area contributed by atoms with Crippen molar-refractivity contribution in [1.82, 2.24) is 0 Å². The fourth-order valence-corrected chi connectivity index (χ4v) is 3.52. The lowest BCUT2D eigenvalue weighted by Gasteiger charge is -2.19. The number of rotatable bonds is 5. The summed E-state index contributed by atoms with van der Waals surface area (Å²) >= 11 is 0. The van der Waals surface area contributed by atoms with Crippen molar-refractivity contribution < 1.29 is 23.7 Å². The second-order valence-corrected chi connectivity index (χ2v) is 7.66. The SMILES string of the molecule is COC(=O)c1cccc(-c2cc(C)c(OC[C@H]3COC(C)(C)O3)cc2C)c1C. The highest BCUT2D eigenvalue weighted by Gasteiger charge is 2.33. The van der Waals surface area contributed by atoms with Gasteiger partial charge in [0.05, 0.1) is 19.3 Å². The highest BCUT2D eigenvalue weighted by molar-refractivity contribution is 5.93. The Balaban J connectivity index is 1.84. The van der Waals surface area contributed by atoms with Gasteiger partial charge >= 0.3 is 5.97 Å². The predicted molar refractivity (Wildman–Crippen MR) is 108 cm³/mol. The lowest BCUT2D eigenvalue weighted by molar-refractivity contribution is -0.141. The smallest absolute Gasteiger partial charge is 0.338 e. The monoisotopic (exact) mass is 384 g/mol. The van der Waals surface area contributed by atoms with Gasteiger partial charge in [-0.05, 0) is 80.6 Å². The van der Waals surface area contributed by atoms with E-state index in [9.17, 15) is 4.79 Å². The van der Waals surface area contributed by atoms with Crippen LogP contribution in [0.5, 0.6) is 5.75 Å². The minimum absolute atomic E-state index is 0.0756. The van der Waals surface area contributed by atoms with Crippen molar-refractivity contribution in [2.75, 3.05) is 20.3 Å². The van der Waals surface area contributed by atoms with E-state index < -0.39 is 5.79 Å². The molecule has 1 saturated heterocycles. The lowest BCUT2D eigenvalue weighted by atomic mass is 9.92. The Morgan fingerprint density at radius 2 is 1.89 bits per heavy atom. The van der Waals surface area contributed by atoms with Crippen LogP contribution in [-0.2, 0) is 14.2 Å². The van der Waals surface area contributed by atoms with E-state index in [2.05, 4.69) is 6.07 Å². The molecule has 0 spiro atoms. The number of methoxy groups -OCH3 is 1. The molecule has 0 saturated carbocycles. The first-order valence-electron chi connectivity index (χ1n) is 9.46. The van der Waals surface area contributed by atoms with Crippen molar-refractivity contribution in [2.45, 2.75) is 46.5 Å². The zero-order chi connectivity index (χ0) is 20.5. The summed E-state index contributed by atoms with van der Waals surface area (Å²) in [5, 5.41) is 0. The quantitative estimate of drug-likeness (QED) is 0.706. The zero-order valence-electron chi connectivity index (χ0n) is 17.4. The number of hydrogen-bond donors (Lipinski definition) is 0. The van der Waals surface area contributed by atoms with Crippen LogP contribution in [0.1, 0.15) is 40.9 Å². The van der Waals surface area contributed by atoms with Crippen LogP contribution in [0.15, 0.2) is 30.3 Å². The fraction of sp³-hybridized carbons (Fsp3) is 0.435. The molecule has 0 unspecified atom stereocenters. The van der Waals surface area contributed by atoms with Crippen LogP contribution in [0.25, 0.3) is 11.1 Å². The predicted octanol–water partition coefficient (Wildman–Crippen LogP) is 4.60.